The molecule has 1 heterocycles. The van der Waals surface area contributed by atoms with Crippen molar-refractivity contribution < 1.29 is 23.5 Å². The van der Waals surface area contributed by atoms with Crippen LogP contribution in [0.2, 0.25) is 0 Å². The molecular weight excluding hydrogens is 417 g/mol. The lowest BCUT2D eigenvalue weighted by Gasteiger charge is -2.12. The molecule has 0 saturated carbocycles. The predicted octanol–water partition coefficient (Wildman–Crippen LogP) is 5.65. The molecule has 7 heteroatoms. The highest BCUT2D eigenvalue weighted by Crippen LogP contribution is 2.37. The zero-order chi connectivity index (χ0) is 21.8. The second-order valence-corrected chi connectivity index (χ2v) is 7.67. The summed E-state index contributed by atoms with van der Waals surface area (Å²) in [6, 6.07) is 20.2. The quantitative estimate of drug-likeness (QED) is 0.468. The minimum Gasteiger partial charge on any atom is -0.493 e. The van der Waals surface area contributed by atoms with Crippen LogP contribution in [-0.4, -0.2) is 18.3 Å². The summed E-state index contributed by atoms with van der Waals surface area (Å²) < 4.78 is 24.5. The van der Waals surface area contributed by atoms with E-state index in [1.54, 1.807) is 60.7 Å². The van der Waals surface area contributed by atoms with E-state index in [0.717, 1.165) is 16.7 Å². The highest BCUT2D eigenvalue weighted by Gasteiger charge is 2.36. The van der Waals surface area contributed by atoms with Crippen LogP contribution in [0.3, 0.4) is 0 Å². The molecule has 1 saturated heterocycles. The van der Waals surface area contributed by atoms with Crippen molar-refractivity contribution in [2.24, 2.45) is 0 Å². The van der Waals surface area contributed by atoms with Crippen molar-refractivity contribution in [1.29, 1.82) is 0 Å². The normalized spacial score (nSPS) is 14.9. The number of carbonyl (C=O) groups excluding carboxylic acids is 2. The molecule has 5 nitrogen and oxygen atoms in total. The number of amides is 2. The average Bonchev–Trinajstić information content (AvgIpc) is 3.06. The minimum absolute atomic E-state index is 0.184. The molecule has 3 aromatic carbocycles. The number of nitrogens with zero attached hydrogens (tertiary/aromatic N) is 1. The highest BCUT2D eigenvalue weighted by atomic mass is 32.2. The topological polar surface area (TPSA) is 55.8 Å². The molecule has 0 radical (unpaired) electrons. The molecule has 3 aromatic rings. The van der Waals surface area contributed by atoms with Gasteiger partial charge in [0.05, 0.1) is 17.7 Å². The van der Waals surface area contributed by atoms with E-state index in [1.165, 1.54) is 19.2 Å². The van der Waals surface area contributed by atoms with Gasteiger partial charge in [0.2, 0.25) is 0 Å². The van der Waals surface area contributed by atoms with Crippen LogP contribution < -0.4 is 14.4 Å². The number of carbonyl (C=O) groups is 2. The van der Waals surface area contributed by atoms with E-state index in [-0.39, 0.29) is 23.6 Å². The van der Waals surface area contributed by atoms with Crippen LogP contribution in [0.15, 0.2) is 77.7 Å². The van der Waals surface area contributed by atoms with Crippen LogP contribution in [0.1, 0.15) is 11.1 Å². The molecule has 0 unspecified atom stereocenters. The second kappa shape index (κ2) is 9.06. The van der Waals surface area contributed by atoms with E-state index < -0.39 is 0 Å². The Balaban J connectivity index is 1.53. The van der Waals surface area contributed by atoms with Gasteiger partial charge in [-0.05, 0) is 65.4 Å². The smallest absolute Gasteiger partial charge is 0.298 e. The first-order valence-electron chi connectivity index (χ1n) is 9.43. The molecule has 31 heavy (non-hydrogen) atoms. The number of halogens is 1. The Kier molecular flexibility index (Phi) is 6.04. The third-order valence-corrected chi connectivity index (χ3v) is 5.45. The van der Waals surface area contributed by atoms with Crippen molar-refractivity contribution in [2.75, 3.05) is 12.0 Å². The lowest BCUT2D eigenvalue weighted by atomic mass is 10.1. The van der Waals surface area contributed by atoms with Gasteiger partial charge in [0.1, 0.15) is 12.4 Å². The fourth-order valence-corrected chi connectivity index (χ4v) is 3.94. The first kappa shape index (κ1) is 20.7. The fourth-order valence-electron chi connectivity index (χ4n) is 3.10. The summed E-state index contributed by atoms with van der Waals surface area (Å²) in [6.45, 7) is 0.184. The van der Waals surface area contributed by atoms with Crippen molar-refractivity contribution in [1.82, 2.24) is 0 Å². The Morgan fingerprint density at radius 1 is 0.968 bits per heavy atom. The minimum atomic E-state index is -0.369. The number of rotatable bonds is 6. The maximum absolute atomic E-state index is 13.3. The first-order valence-corrected chi connectivity index (χ1v) is 10.2. The van der Waals surface area contributed by atoms with Crippen LogP contribution in [0, 0.1) is 5.82 Å². The Labute approximate surface area is 183 Å². The zero-order valence-electron chi connectivity index (χ0n) is 16.6. The van der Waals surface area contributed by atoms with E-state index in [0.29, 0.717) is 33.2 Å². The molecule has 1 aliphatic rings. The molecule has 0 atom stereocenters. The third-order valence-electron chi connectivity index (χ3n) is 4.58. The molecule has 1 fully saturated rings. The summed E-state index contributed by atoms with van der Waals surface area (Å²) >= 11 is 0.889. The SMILES string of the molecule is COc1cc(C=C2SC(=O)N(c3ccccc3)C2=O)ccc1OCc1cccc(F)c1. The molecule has 0 bridgehead atoms. The van der Waals surface area contributed by atoms with E-state index >= 15 is 0 Å². The maximum Gasteiger partial charge on any atom is 0.298 e. The summed E-state index contributed by atoms with van der Waals surface area (Å²) in [5.41, 5.74) is 1.92. The summed E-state index contributed by atoms with van der Waals surface area (Å²) in [4.78, 5) is 26.6. The number of hydrogen-bond acceptors (Lipinski definition) is 5. The van der Waals surface area contributed by atoms with Crippen molar-refractivity contribution in [3.63, 3.8) is 0 Å². The van der Waals surface area contributed by atoms with Gasteiger partial charge in [-0.3, -0.25) is 9.59 Å². The Morgan fingerprint density at radius 2 is 1.77 bits per heavy atom. The van der Waals surface area contributed by atoms with E-state index in [9.17, 15) is 14.0 Å². The number of anilines is 1. The first-order chi connectivity index (χ1) is 15.0. The number of thioether (sulfide) groups is 1. The average molecular weight is 435 g/mol. The number of imide groups is 1. The van der Waals surface area contributed by atoms with Crippen LogP contribution in [-0.2, 0) is 11.4 Å². The molecule has 2 amide bonds. The number of methoxy groups -OCH3 is 1. The molecule has 0 aliphatic carbocycles. The molecule has 0 spiro atoms. The second-order valence-electron chi connectivity index (χ2n) is 6.68. The van der Waals surface area contributed by atoms with Gasteiger partial charge in [-0.2, -0.15) is 0 Å². The number of benzene rings is 3. The van der Waals surface area contributed by atoms with Crippen molar-refractivity contribution in [2.45, 2.75) is 6.61 Å². The molecule has 1 aliphatic heterocycles. The molecule has 0 N–H and O–H groups in total. The van der Waals surface area contributed by atoms with Crippen LogP contribution >= 0.6 is 11.8 Å². The number of ether oxygens (including phenoxy) is 2. The van der Waals surface area contributed by atoms with Crippen molar-refractivity contribution >= 4 is 34.7 Å². The van der Waals surface area contributed by atoms with Crippen LogP contribution in [0.5, 0.6) is 11.5 Å². The van der Waals surface area contributed by atoms with Crippen molar-refractivity contribution in [3.05, 3.63) is 94.6 Å². The summed E-state index contributed by atoms with van der Waals surface area (Å²) in [5.74, 6) is 0.258. The molecule has 0 aromatic heterocycles. The van der Waals surface area contributed by atoms with Crippen LogP contribution in [0.4, 0.5) is 14.9 Å². The van der Waals surface area contributed by atoms with Gasteiger partial charge >= 0.3 is 0 Å². The summed E-state index contributed by atoms with van der Waals surface area (Å²) in [5, 5.41) is -0.343. The van der Waals surface area contributed by atoms with Gasteiger partial charge < -0.3 is 9.47 Å². The van der Waals surface area contributed by atoms with Gasteiger partial charge in [0, 0.05) is 0 Å². The van der Waals surface area contributed by atoms with Crippen molar-refractivity contribution in [3.8, 4) is 11.5 Å². The standard InChI is InChI=1S/C24H18FNO4S/c1-29-21-13-16(10-11-20(21)30-15-17-6-5-7-18(25)12-17)14-22-23(27)26(24(28)31-22)19-8-3-2-4-9-19/h2-14H,15H2,1H3. The lowest BCUT2D eigenvalue weighted by molar-refractivity contribution is -0.113. The number of hydrogen-bond donors (Lipinski definition) is 0. The van der Waals surface area contributed by atoms with Gasteiger partial charge in [-0.15, -0.1) is 0 Å². The molecule has 156 valence electrons. The molecule has 4 rings (SSSR count). The summed E-state index contributed by atoms with van der Waals surface area (Å²) in [6.07, 6.45) is 1.65. The van der Waals surface area contributed by atoms with Gasteiger partial charge in [-0.1, -0.05) is 36.4 Å². The van der Waals surface area contributed by atoms with E-state index in [4.69, 9.17) is 9.47 Å². The summed E-state index contributed by atoms with van der Waals surface area (Å²) in [7, 11) is 1.51. The van der Waals surface area contributed by atoms with E-state index in [2.05, 4.69) is 0 Å². The largest absolute Gasteiger partial charge is 0.493 e. The highest BCUT2D eigenvalue weighted by molar-refractivity contribution is 8.19. The zero-order valence-corrected chi connectivity index (χ0v) is 17.4. The molecular formula is C24H18FNO4S. The maximum atomic E-state index is 13.3. The Morgan fingerprint density at radius 3 is 2.52 bits per heavy atom. The van der Waals surface area contributed by atoms with Gasteiger partial charge in [0.25, 0.3) is 11.1 Å². The Hall–Kier alpha value is -3.58. The van der Waals surface area contributed by atoms with E-state index in [1.807, 2.05) is 6.07 Å². The third kappa shape index (κ3) is 4.62. The van der Waals surface area contributed by atoms with Gasteiger partial charge in [0.15, 0.2) is 11.5 Å². The predicted molar refractivity (Wildman–Crippen MR) is 119 cm³/mol. The fraction of sp³-hybridized carbons (Fsp3) is 0.0833. The lowest BCUT2D eigenvalue weighted by Crippen LogP contribution is -2.27. The monoisotopic (exact) mass is 435 g/mol. The van der Waals surface area contributed by atoms with Crippen LogP contribution in [0.25, 0.3) is 6.08 Å². The van der Waals surface area contributed by atoms with Gasteiger partial charge in [-0.25, -0.2) is 9.29 Å². The Bertz CT molecular complexity index is 1160. The number of para-hydroxylation sites is 1.